The van der Waals surface area contributed by atoms with E-state index in [-0.39, 0.29) is 31.6 Å². The fraction of sp³-hybridized carbons (Fsp3) is 0.333. The van der Waals surface area contributed by atoms with Gasteiger partial charge in [0.2, 0.25) is 5.88 Å². The van der Waals surface area contributed by atoms with Crippen LogP contribution in [0.2, 0.25) is 0 Å². The second-order valence-electron chi connectivity index (χ2n) is 5.84. The zero-order valence-corrected chi connectivity index (χ0v) is 16.6. The summed E-state index contributed by atoms with van der Waals surface area (Å²) in [5.41, 5.74) is 1.24. The van der Waals surface area contributed by atoms with Gasteiger partial charge in [-0.15, -0.1) is 0 Å². The van der Waals surface area contributed by atoms with E-state index in [9.17, 15) is 9.59 Å². The van der Waals surface area contributed by atoms with Crippen LogP contribution in [0.1, 0.15) is 15.9 Å². The minimum atomic E-state index is -0.480. The summed E-state index contributed by atoms with van der Waals surface area (Å²) in [4.78, 5) is 31.4. The highest BCUT2D eigenvalue weighted by molar-refractivity contribution is 5.96. The molecular formula is C21H25N3O6. The number of amides is 1. The lowest BCUT2D eigenvalue weighted by Gasteiger charge is -2.11. The molecular weight excluding hydrogens is 390 g/mol. The first-order chi connectivity index (χ1) is 14.7. The predicted octanol–water partition coefficient (Wildman–Crippen LogP) is 1.55. The fourth-order valence-electron chi connectivity index (χ4n) is 2.24. The lowest BCUT2D eigenvalue weighted by molar-refractivity contribution is -0.139. The number of rotatable bonds is 14. The van der Waals surface area contributed by atoms with Gasteiger partial charge in [-0.05, 0) is 23.8 Å². The first-order valence-corrected chi connectivity index (χ1v) is 9.40. The molecule has 2 rings (SSSR count). The van der Waals surface area contributed by atoms with Crippen molar-refractivity contribution in [2.24, 2.45) is 0 Å². The quantitative estimate of drug-likeness (QED) is 0.281. The molecule has 0 bridgehead atoms. The number of aromatic nitrogens is 2. The zero-order chi connectivity index (χ0) is 21.4. The molecule has 30 heavy (non-hydrogen) atoms. The molecule has 9 nitrogen and oxygen atoms in total. The Bertz CT molecular complexity index is 800. The second-order valence-corrected chi connectivity index (χ2v) is 5.84. The summed E-state index contributed by atoms with van der Waals surface area (Å²) in [6, 6.07) is 7.01. The van der Waals surface area contributed by atoms with E-state index in [1.54, 1.807) is 30.7 Å². The lowest BCUT2D eigenvalue weighted by Crippen LogP contribution is -2.24. The van der Waals surface area contributed by atoms with Gasteiger partial charge in [0.1, 0.15) is 18.8 Å². The van der Waals surface area contributed by atoms with E-state index >= 15 is 0 Å². The van der Waals surface area contributed by atoms with Gasteiger partial charge in [-0.25, -0.2) is 9.78 Å². The smallest absolute Gasteiger partial charge is 0.330 e. The number of nitrogens with zero attached hydrogens (tertiary/aromatic N) is 2. The molecule has 0 saturated carbocycles. The Kier molecular flexibility index (Phi) is 10.6. The van der Waals surface area contributed by atoms with Crippen molar-refractivity contribution in [1.29, 1.82) is 0 Å². The molecule has 0 aliphatic heterocycles. The Hall–Kier alpha value is -3.30. The van der Waals surface area contributed by atoms with Gasteiger partial charge in [-0.3, -0.25) is 9.78 Å². The third kappa shape index (κ3) is 8.80. The summed E-state index contributed by atoms with van der Waals surface area (Å²) in [6.45, 7) is 5.37. The van der Waals surface area contributed by atoms with Gasteiger partial charge in [-0.2, -0.15) is 0 Å². The average Bonchev–Trinajstić information content (AvgIpc) is 2.79. The standard InChI is InChI=1S/C21H25N3O6/c1-2-19(25)29-13-11-27-9-10-28-12-14-30-21-18(6-4-8-23-21)20(26)24-16-17-5-3-7-22-15-17/h2-8,15H,1,9-14,16H2,(H,24,26). The van der Waals surface area contributed by atoms with Gasteiger partial charge >= 0.3 is 5.97 Å². The molecule has 2 aromatic rings. The van der Waals surface area contributed by atoms with E-state index in [1.807, 2.05) is 12.1 Å². The summed E-state index contributed by atoms with van der Waals surface area (Å²) in [6.07, 6.45) is 6.02. The van der Waals surface area contributed by atoms with Gasteiger partial charge in [0.05, 0.1) is 26.4 Å². The van der Waals surface area contributed by atoms with Crippen molar-refractivity contribution >= 4 is 11.9 Å². The van der Waals surface area contributed by atoms with Crippen molar-refractivity contribution in [2.75, 3.05) is 39.6 Å². The highest BCUT2D eigenvalue weighted by Crippen LogP contribution is 2.14. The van der Waals surface area contributed by atoms with Crippen LogP contribution in [0, 0.1) is 0 Å². The molecule has 1 N–H and O–H groups in total. The van der Waals surface area contributed by atoms with Gasteiger partial charge in [0, 0.05) is 31.2 Å². The van der Waals surface area contributed by atoms with Gasteiger partial charge in [-0.1, -0.05) is 12.6 Å². The van der Waals surface area contributed by atoms with Crippen LogP contribution < -0.4 is 10.1 Å². The van der Waals surface area contributed by atoms with Crippen LogP contribution in [-0.2, 0) is 25.5 Å². The molecule has 0 unspecified atom stereocenters. The molecule has 0 spiro atoms. The van der Waals surface area contributed by atoms with E-state index in [4.69, 9.17) is 18.9 Å². The molecule has 2 heterocycles. The minimum absolute atomic E-state index is 0.166. The van der Waals surface area contributed by atoms with E-state index < -0.39 is 5.97 Å². The molecule has 0 radical (unpaired) electrons. The van der Waals surface area contributed by atoms with Crippen molar-refractivity contribution in [1.82, 2.24) is 15.3 Å². The van der Waals surface area contributed by atoms with Crippen LogP contribution >= 0.6 is 0 Å². The number of pyridine rings is 2. The molecule has 0 aromatic carbocycles. The molecule has 0 aliphatic carbocycles. The number of esters is 1. The van der Waals surface area contributed by atoms with Crippen LogP contribution in [0.25, 0.3) is 0 Å². The monoisotopic (exact) mass is 415 g/mol. The van der Waals surface area contributed by atoms with Gasteiger partial charge < -0.3 is 24.3 Å². The summed E-state index contributed by atoms with van der Waals surface area (Å²) in [5, 5.41) is 2.82. The van der Waals surface area contributed by atoms with Crippen LogP contribution in [0.4, 0.5) is 0 Å². The highest BCUT2D eigenvalue weighted by atomic mass is 16.6. The van der Waals surface area contributed by atoms with Crippen LogP contribution in [0.3, 0.4) is 0 Å². The maximum absolute atomic E-state index is 12.4. The molecule has 0 saturated heterocycles. The number of hydrogen-bond acceptors (Lipinski definition) is 8. The van der Waals surface area contributed by atoms with Crippen molar-refractivity contribution in [3.05, 3.63) is 66.6 Å². The Balaban J connectivity index is 1.62. The van der Waals surface area contributed by atoms with E-state index in [2.05, 4.69) is 21.9 Å². The number of hydrogen-bond donors (Lipinski definition) is 1. The zero-order valence-electron chi connectivity index (χ0n) is 16.6. The molecule has 0 aliphatic rings. The van der Waals surface area contributed by atoms with Crippen LogP contribution in [0.15, 0.2) is 55.5 Å². The fourth-order valence-corrected chi connectivity index (χ4v) is 2.24. The Labute approximate surface area is 175 Å². The summed E-state index contributed by atoms with van der Waals surface area (Å²) in [5.74, 6) is -0.523. The van der Waals surface area contributed by atoms with Crippen molar-refractivity contribution < 1.29 is 28.5 Å². The average molecular weight is 415 g/mol. The first kappa shape index (κ1) is 23.0. The van der Waals surface area contributed by atoms with Crippen molar-refractivity contribution in [3.8, 4) is 5.88 Å². The van der Waals surface area contributed by atoms with E-state index in [1.165, 1.54) is 0 Å². The summed E-state index contributed by atoms with van der Waals surface area (Å²) < 4.78 is 21.0. The highest BCUT2D eigenvalue weighted by Gasteiger charge is 2.13. The van der Waals surface area contributed by atoms with Crippen molar-refractivity contribution in [3.63, 3.8) is 0 Å². The Morgan fingerprint density at radius 1 is 1.00 bits per heavy atom. The predicted molar refractivity (Wildman–Crippen MR) is 108 cm³/mol. The number of carbonyl (C=O) groups excluding carboxylic acids is 2. The third-order valence-electron chi connectivity index (χ3n) is 3.67. The Morgan fingerprint density at radius 2 is 1.73 bits per heavy atom. The lowest BCUT2D eigenvalue weighted by atomic mass is 10.2. The normalized spacial score (nSPS) is 10.3. The van der Waals surface area contributed by atoms with Crippen LogP contribution in [-0.4, -0.2) is 61.5 Å². The second kappa shape index (κ2) is 13.8. The largest absolute Gasteiger partial charge is 0.475 e. The third-order valence-corrected chi connectivity index (χ3v) is 3.67. The first-order valence-electron chi connectivity index (χ1n) is 9.40. The molecule has 1 amide bonds. The molecule has 160 valence electrons. The molecule has 0 atom stereocenters. The van der Waals surface area contributed by atoms with Gasteiger partial charge in [0.25, 0.3) is 5.91 Å². The Morgan fingerprint density at radius 3 is 2.47 bits per heavy atom. The molecule has 9 heteroatoms. The van der Waals surface area contributed by atoms with Crippen LogP contribution in [0.5, 0.6) is 5.88 Å². The minimum Gasteiger partial charge on any atom is -0.475 e. The maximum Gasteiger partial charge on any atom is 0.330 e. The number of carbonyl (C=O) groups is 2. The summed E-state index contributed by atoms with van der Waals surface area (Å²) >= 11 is 0. The molecule has 2 aromatic heterocycles. The maximum atomic E-state index is 12.4. The SMILES string of the molecule is C=CC(=O)OCCOCCOCCOc1ncccc1C(=O)NCc1cccnc1. The van der Waals surface area contributed by atoms with E-state index in [0.29, 0.717) is 31.9 Å². The number of ether oxygens (including phenoxy) is 4. The topological polar surface area (TPSA) is 109 Å². The van der Waals surface area contributed by atoms with Crippen molar-refractivity contribution in [2.45, 2.75) is 6.54 Å². The summed E-state index contributed by atoms with van der Waals surface area (Å²) in [7, 11) is 0. The number of nitrogens with one attached hydrogen (secondary N) is 1. The van der Waals surface area contributed by atoms with E-state index in [0.717, 1.165) is 11.6 Å². The molecule has 0 fully saturated rings. The van der Waals surface area contributed by atoms with Gasteiger partial charge in [0.15, 0.2) is 0 Å².